The summed E-state index contributed by atoms with van der Waals surface area (Å²) in [6.07, 6.45) is 2.89. The van der Waals surface area contributed by atoms with Crippen LogP contribution in [0.1, 0.15) is 22.3 Å². The molecule has 0 N–H and O–H groups in total. The van der Waals surface area contributed by atoms with Crippen LogP contribution in [-0.4, -0.2) is 0 Å². The first kappa shape index (κ1) is 8.06. The van der Waals surface area contributed by atoms with Crippen LogP contribution in [0.2, 0.25) is 0 Å². The summed E-state index contributed by atoms with van der Waals surface area (Å²) in [7, 11) is 0. The molecule has 0 atom stereocenters. The summed E-state index contributed by atoms with van der Waals surface area (Å²) in [6.45, 7) is 9.98. The predicted octanol–water partition coefficient (Wildman–Crippen LogP) is 2.95. The molecule has 0 bridgehead atoms. The van der Waals surface area contributed by atoms with E-state index in [9.17, 15) is 0 Å². The highest BCUT2D eigenvalue weighted by Gasteiger charge is 1.97. The van der Waals surface area contributed by atoms with Crippen molar-refractivity contribution in [1.82, 2.24) is 0 Å². The van der Waals surface area contributed by atoms with Gasteiger partial charge in [-0.05, 0) is 49.1 Å². The molecule has 0 heteroatoms. The molecule has 0 aliphatic carbocycles. The molecule has 1 radical (unpaired) electrons. The van der Waals surface area contributed by atoms with E-state index in [1.807, 2.05) is 0 Å². The van der Waals surface area contributed by atoms with Gasteiger partial charge in [0.2, 0.25) is 0 Å². The first-order valence-electron chi connectivity index (χ1n) is 3.76. The quantitative estimate of drug-likeness (QED) is 0.570. The van der Waals surface area contributed by atoms with E-state index in [2.05, 4.69) is 45.6 Å². The first-order valence-corrected chi connectivity index (χ1v) is 3.76. The molecule has 0 fully saturated rings. The van der Waals surface area contributed by atoms with E-state index in [0.717, 1.165) is 5.56 Å². The van der Waals surface area contributed by atoms with E-state index in [-0.39, 0.29) is 0 Å². The molecule has 11 heavy (non-hydrogen) atoms. The van der Waals surface area contributed by atoms with Gasteiger partial charge in [0.15, 0.2) is 0 Å². The largest absolute Gasteiger partial charge is 0.0906 e. The Morgan fingerprint density at radius 1 is 1.09 bits per heavy atom. The lowest BCUT2D eigenvalue weighted by molar-refractivity contribution is 1.25. The normalized spacial score (nSPS) is 9.73. The molecule has 0 nitrogen and oxygen atoms in total. The zero-order chi connectivity index (χ0) is 8.43. The van der Waals surface area contributed by atoms with Crippen molar-refractivity contribution in [3.8, 4) is 0 Å². The molecular formula is C11H13. The number of rotatable bonds is 1. The Bertz CT molecular complexity index is 259. The van der Waals surface area contributed by atoms with E-state index < -0.39 is 0 Å². The van der Waals surface area contributed by atoms with E-state index in [0.29, 0.717) is 0 Å². The average Bonchev–Trinajstić information content (AvgIpc) is 1.99. The van der Waals surface area contributed by atoms with Gasteiger partial charge in [-0.15, -0.1) is 0 Å². The third kappa shape index (κ3) is 1.51. The van der Waals surface area contributed by atoms with Crippen LogP contribution in [0.3, 0.4) is 0 Å². The number of benzene rings is 1. The summed E-state index contributed by atoms with van der Waals surface area (Å²) < 4.78 is 0. The Morgan fingerprint density at radius 2 is 1.55 bits per heavy atom. The second-order valence-corrected chi connectivity index (χ2v) is 2.91. The van der Waals surface area contributed by atoms with E-state index in [1.165, 1.54) is 16.7 Å². The van der Waals surface area contributed by atoms with Crippen molar-refractivity contribution in [2.24, 2.45) is 0 Å². The minimum absolute atomic E-state index is 1.09. The van der Waals surface area contributed by atoms with Gasteiger partial charge >= 0.3 is 0 Å². The molecule has 0 aromatic heterocycles. The van der Waals surface area contributed by atoms with Crippen LogP contribution in [0, 0.1) is 26.8 Å². The van der Waals surface area contributed by atoms with Crippen molar-refractivity contribution in [2.75, 3.05) is 0 Å². The standard InChI is InChI=1S/C11H13/c1-5-11-6-8(2)10(4)9(3)7-11/h6-7H,1H2,2-4H3. The zero-order valence-corrected chi connectivity index (χ0v) is 7.36. The van der Waals surface area contributed by atoms with Crippen molar-refractivity contribution < 1.29 is 0 Å². The van der Waals surface area contributed by atoms with E-state index >= 15 is 0 Å². The molecule has 0 unspecified atom stereocenters. The summed E-state index contributed by atoms with van der Waals surface area (Å²) in [5, 5.41) is 0. The Morgan fingerprint density at radius 3 is 1.91 bits per heavy atom. The molecule has 57 valence electrons. The maximum atomic E-state index is 3.62. The van der Waals surface area contributed by atoms with Crippen molar-refractivity contribution in [3.63, 3.8) is 0 Å². The lowest BCUT2D eigenvalue weighted by Crippen LogP contribution is -1.87. The van der Waals surface area contributed by atoms with E-state index in [4.69, 9.17) is 0 Å². The zero-order valence-electron chi connectivity index (χ0n) is 7.36. The Balaban J connectivity index is 3.31. The maximum absolute atomic E-state index is 3.62. The second kappa shape index (κ2) is 2.91. The van der Waals surface area contributed by atoms with Crippen molar-refractivity contribution in [3.05, 3.63) is 47.0 Å². The van der Waals surface area contributed by atoms with Gasteiger partial charge in [0, 0.05) is 0 Å². The molecule has 0 aliphatic rings. The fraction of sp³-hybridized carbons (Fsp3) is 0.273. The maximum Gasteiger partial charge on any atom is -0.0179 e. The molecule has 0 heterocycles. The SMILES string of the molecule is C=[C]c1cc(C)c(C)c(C)c1. The minimum Gasteiger partial charge on any atom is -0.0906 e. The monoisotopic (exact) mass is 145 g/mol. The Kier molecular flexibility index (Phi) is 2.13. The van der Waals surface area contributed by atoms with Gasteiger partial charge < -0.3 is 0 Å². The summed E-state index contributed by atoms with van der Waals surface area (Å²) in [6, 6.07) is 4.21. The predicted molar refractivity (Wildman–Crippen MR) is 48.6 cm³/mol. The molecule has 1 aromatic carbocycles. The van der Waals surface area contributed by atoms with Gasteiger partial charge in [-0.2, -0.15) is 0 Å². The lowest BCUT2D eigenvalue weighted by Gasteiger charge is -2.05. The third-order valence-electron chi connectivity index (χ3n) is 2.13. The summed E-state index contributed by atoms with van der Waals surface area (Å²) in [4.78, 5) is 0. The second-order valence-electron chi connectivity index (χ2n) is 2.91. The van der Waals surface area contributed by atoms with Gasteiger partial charge in [-0.3, -0.25) is 0 Å². The van der Waals surface area contributed by atoms with Gasteiger partial charge in [0.1, 0.15) is 0 Å². The van der Waals surface area contributed by atoms with Crippen LogP contribution >= 0.6 is 0 Å². The summed E-state index contributed by atoms with van der Waals surface area (Å²) in [5.74, 6) is 0. The molecule has 0 amide bonds. The molecule has 0 saturated carbocycles. The fourth-order valence-electron chi connectivity index (χ4n) is 1.14. The highest BCUT2D eigenvalue weighted by atomic mass is 14.0. The molecule has 0 aliphatic heterocycles. The van der Waals surface area contributed by atoms with Crippen molar-refractivity contribution in [2.45, 2.75) is 20.8 Å². The topological polar surface area (TPSA) is 0 Å². The molecule has 0 spiro atoms. The smallest absolute Gasteiger partial charge is 0.0179 e. The number of aryl methyl sites for hydroxylation is 2. The highest BCUT2D eigenvalue weighted by Crippen LogP contribution is 2.14. The van der Waals surface area contributed by atoms with Gasteiger partial charge in [0.25, 0.3) is 0 Å². The fourth-order valence-corrected chi connectivity index (χ4v) is 1.14. The first-order chi connectivity index (χ1) is 5.15. The van der Waals surface area contributed by atoms with Crippen LogP contribution in [-0.2, 0) is 0 Å². The third-order valence-corrected chi connectivity index (χ3v) is 2.13. The van der Waals surface area contributed by atoms with Crippen LogP contribution in [0.15, 0.2) is 18.7 Å². The average molecular weight is 145 g/mol. The van der Waals surface area contributed by atoms with Crippen molar-refractivity contribution in [1.29, 1.82) is 0 Å². The van der Waals surface area contributed by atoms with Crippen LogP contribution in [0.4, 0.5) is 0 Å². The van der Waals surface area contributed by atoms with E-state index in [1.54, 1.807) is 0 Å². The van der Waals surface area contributed by atoms with Gasteiger partial charge in [-0.1, -0.05) is 18.7 Å². The molecule has 1 rings (SSSR count). The Labute approximate surface area is 68.6 Å². The van der Waals surface area contributed by atoms with Crippen LogP contribution in [0.25, 0.3) is 0 Å². The summed E-state index contributed by atoms with van der Waals surface area (Å²) >= 11 is 0. The van der Waals surface area contributed by atoms with Crippen LogP contribution < -0.4 is 0 Å². The Hall–Kier alpha value is -1.04. The number of hydrogen-bond donors (Lipinski definition) is 0. The van der Waals surface area contributed by atoms with Gasteiger partial charge in [0.05, 0.1) is 0 Å². The molecule has 1 aromatic rings. The lowest BCUT2D eigenvalue weighted by atomic mass is 10.0. The number of hydrogen-bond acceptors (Lipinski definition) is 0. The van der Waals surface area contributed by atoms with Gasteiger partial charge in [-0.25, -0.2) is 0 Å². The molecule has 0 saturated heterocycles. The highest BCUT2D eigenvalue weighted by molar-refractivity contribution is 5.38. The van der Waals surface area contributed by atoms with Crippen molar-refractivity contribution >= 4 is 0 Å². The summed E-state index contributed by atoms with van der Waals surface area (Å²) in [5.41, 5.74) is 5.09. The van der Waals surface area contributed by atoms with Crippen LogP contribution in [0.5, 0.6) is 0 Å². The molecular weight excluding hydrogens is 132 g/mol. The minimum atomic E-state index is 1.09.